The maximum absolute atomic E-state index is 13.1. The van der Waals surface area contributed by atoms with Crippen LogP contribution in [0, 0.1) is 34.5 Å². The second kappa shape index (κ2) is 31.1. The molecule has 10 fully saturated rings. The van der Waals surface area contributed by atoms with E-state index in [1.54, 1.807) is 41.9 Å². The third-order valence-electron chi connectivity index (χ3n) is 24.5. The minimum atomic E-state index is -1.68. The van der Waals surface area contributed by atoms with Crippen molar-refractivity contribution in [2.24, 2.45) is 34.5 Å². The highest BCUT2D eigenvalue weighted by atomic mass is 16.8. The second-order valence-corrected chi connectivity index (χ2v) is 29.8. The molecule has 4 saturated carbocycles. The number of carbonyl (C=O) groups is 2. The molecule has 8 N–H and O–H groups in total. The summed E-state index contributed by atoms with van der Waals surface area (Å²) < 4.78 is 112. The molecular weight excluding hydrogens is 1260 g/mol. The third-order valence-corrected chi connectivity index (χ3v) is 24.5. The summed E-state index contributed by atoms with van der Waals surface area (Å²) in [6.45, 7) is 19.3. The number of aliphatic hydroxyl groups is 8. The first-order valence-corrected chi connectivity index (χ1v) is 35.2. The summed E-state index contributed by atoms with van der Waals surface area (Å²) in [7, 11) is 6.08. The van der Waals surface area contributed by atoms with Crippen molar-refractivity contribution in [3.63, 3.8) is 0 Å². The molecule has 4 aliphatic carbocycles. The van der Waals surface area contributed by atoms with Gasteiger partial charge in [0.1, 0.15) is 85.0 Å². The van der Waals surface area contributed by atoms with Crippen LogP contribution in [-0.4, -0.2) is 277 Å². The first-order valence-electron chi connectivity index (χ1n) is 35.2. The van der Waals surface area contributed by atoms with E-state index in [1.165, 1.54) is 21.1 Å². The van der Waals surface area contributed by atoms with Gasteiger partial charge in [-0.3, -0.25) is 9.59 Å². The largest absolute Gasteiger partial charge is 0.462 e. The smallest absolute Gasteiger partial charge is 0.309 e. The van der Waals surface area contributed by atoms with Gasteiger partial charge in [0, 0.05) is 61.0 Å². The van der Waals surface area contributed by atoms with Crippen LogP contribution in [0.1, 0.15) is 160 Å². The fourth-order valence-corrected chi connectivity index (χ4v) is 18.5. The molecule has 37 atom stereocenters. The second-order valence-electron chi connectivity index (χ2n) is 29.8. The number of methoxy groups -OCH3 is 4. The molecule has 0 bridgehead atoms. The quantitative estimate of drug-likeness (QED) is 0.0570. The molecule has 0 radical (unpaired) electrons. The average Bonchev–Trinajstić information content (AvgIpc) is 1.40. The van der Waals surface area contributed by atoms with E-state index in [9.17, 15) is 50.4 Å². The van der Waals surface area contributed by atoms with Gasteiger partial charge >= 0.3 is 11.9 Å². The summed E-state index contributed by atoms with van der Waals surface area (Å²) in [5, 5.41) is 90.1. The van der Waals surface area contributed by atoms with Crippen LogP contribution in [-0.2, 0) is 94.9 Å². The summed E-state index contributed by atoms with van der Waals surface area (Å²) in [5.74, 6) is -1.24. The highest BCUT2D eigenvalue weighted by Gasteiger charge is 2.77. The van der Waals surface area contributed by atoms with Crippen molar-refractivity contribution in [1.29, 1.82) is 0 Å². The van der Waals surface area contributed by atoms with Crippen LogP contribution in [0.2, 0.25) is 0 Å². The lowest BCUT2D eigenvalue weighted by Crippen LogP contribution is -2.72. The highest BCUT2D eigenvalue weighted by molar-refractivity contribution is 5.72. The Hall–Kier alpha value is -2.02. The summed E-state index contributed by atoms with van der Waals surface area (Å²) in [6, 6.07) is 0. The van der Waals surface area contributed by atoms with E-state index in [-0.39, 0.29) is 73.7 Å². The van der Waals surface area contributed by atoms with Crippen LogP contribution in [0.15, 0.2) is 0 Å². The van der Waals surface area contributed by atoms with Gasteiger partial charge in [0.05, 0.1) is 84.6 Å². The standard InChI is InChI=1S/C68H114O28/c1-16-30(2)62(76)88-36(8)67(77)21-22-68(78)40-18-17-38-23-39(19-20-65(38,10)41(40)24-47(66(67,68)11)89-37(9)70)90-48-25-42(71)56(31(3)83-48)92-49-26-43(79-12)57(32(4)84-49)93-50-27-44(80-13)58(33(5)85-50)94-51-28-45(81-14)59(34(6)86-51)95-64-55(75)61(82-15)60(35(7)87-64)96-63-54(74)53(73)52(72)46(29-69)91-63/h30-36,38-61,63-64,69,71-75,77-78H,16-29H2,1-15H3/t30?,31-,32-,33-,34-,35-,36+,38+,39+,40-,41+,42+,43+,44-,45-,46-,47-,48+,49+,50+,51+,52-,53+,54-,55-,56-,57-,58-,59-,60-,61+,63+,64+,65+,66-,67-,68+/m1/s1. The van der Waals surface area contributed by atoms with E-state index in [0.29, 0.717) is 19.3 Å². The van der Waals surface area contributed by atoms with Crippen LogP contribution in [0.5, 0.6) is 0 Å². The number of ether oxygens (including phenoxy) is 18. The van der Waals surface area contributed by atoms with E-state index >= 15 is 0 Å². The lowest BCUT2D eigenvalue weighted by molar-refractivity contribution is -0.374. The van der Waals surface area contributed by atoms with E-state index in [0.717, 1.165) is 25.7 Å². The van der Waals surface area contributed by atoms with Crippen molar-refractivity contribution in [2.45, 2.75) is 349 Å². The fourth-order valence-electron chi connectivity index (χ4n) is 18.5. The van der Waals surface area contributed by atoms with Gasteiger partial charge in [0.2, 0.25) is 0 Å². The maximum Gasteiger partial charge on any atom is 0.309 e. The predicted octanol–water partition coefficient (Wildman–Crippen LogP) is 2.57. The van der Waals surface area contributed by atoms with E-state index in [4.69, 9.17) is 85.3 Å². The van der Waals surface area contributed by atoms with Gasteiger partial charge in [-0.1, -0.05) is 27.7 Å². The van der Waals surface area contributed by atoms with Gasteiger partial charge in [-0.15, -0.1) is 0 Å². The topological polar surface area (TPSA) is 362 Å². The van der Waals surface area contributed by atoms with Crippen LogP contribution < -0.4 is 0 Å². The lowest BCUT2D eigenvalue weighted by atomic mass is 9.42. The van der Waals surface area contributed by atoms with E-state index in [1.807, 2.05) is 34.6 Å². The molecule has 0 spiro atoms. The molecular formula is C68H114O28. The van der Waals surface area contributed by atoms with Crippen LogP contribution in [0.25, 0.3) is 0 Å². The molecule has 6 heterocycles. The van der Waals surface area contributed by atoms with E-state index < -0.39 is 207 Å². The minimum absolute atomic E-state index is 0.0194. The molecule has 0 aromatic heterocycles. The van der Waals surface area contributed by atoms with Crippen molar-refractivity contribution >= 4 is 11.9 Å². The molecule has 10 rings (SSSR count). The first-order chi connectivity index (χ1) is 45.4. The summed E-state index contributed by atoms with van der Waals surface area (Å²) in [6.07, 6.45) is -19.5. The summed E-state index contributed by atoms with van der Waals surface area (Å²) in [4.78, 5) is 25.9. The van der Waals surface area contributed by atoms with Gasteiger partial charge in [0.15, 0.2) is 37.7 Å². The van der Waals surface area contributed by atoms with Gasteiger partial charge in [-0.25, -0.2) is 0 Å². The Balaban J connectivity index is 0.683. The average molecular weight is 1380 g/mol. The fraction of sp³-hybridized carbons (Fsp3) is 0.971. The van der Waals surface area contributed by atoms with Gasteiger partial charge in [-0.2, -0.15) is 0 Å². The Bertz CT molecular complexity index is 2530. The maximum atomic E-state index is 13.1. The summed E-state index contributed by atoms with van der Waals surface area (Å²) in [5.41, 5.74) is -4.57. The molecule has 0 amide bonds. The zero-order valence-corrected chi connectivity index (χ0v) is 58.7. The lowest BCUT2D eigenvalue weighted by Gasteiger charge is -2.66. The zero-order valence-electron chi connectivity index (χ0n) is 58.7. The summed E-state index contributed by atoms with van der Waals surface area (Å²) >= 11 is 0. The van der Waals surface area contributed by atoms with E-state index in [2.05, 4.69) is 6.92 Å². The molecule has 6 aliphatic heterocycles. The minimum Gasteiger partial charge on any atom is -0.462 e. The zero-order chi connectivity index (χ0) is 69.8. The van der Waals surface area contributed by atoms with Crippen molar-refractivity contribution in [1.82, 2.24) is 0 Å². The molecule has 1 unspecified atom stereocenters. The normalized spacial score (nSPS) is 51.3. The van der Waals surface area contributed by atoms with Gasteiger partial charge < -0.3 is 126 Å². The molecule has 10 aliphatic rings. The number of carbonyl (C=O) groups excluding carboxylic acids is 2. The molecule has 0 aromatic rings. The molecule has 554 valence electrons. The van der Waals surface area contributed by atoms with Crippen LogP contribution >= 0.6 is 0 Å². The SMILES string of the molecule is CCC(C)C(=O)O[C@@H](C)[C@]1(O)CC[C@]2(O)[C@@H]3CC[C@H]4C[C@@H](O[C@H]5C[C@H](O)[C@H](O[C@H]6C[C@H](OC)[C@H](O[C@H]7C[C@@H](OC)[C@H](O[C@H]8C[C@@H](OC)[C@H](O[C@@H]9O[C@H](C)[C@@H](O[C@@H]%10O[C@H](CO)[C@@H](O)[C@H](O)[C@H]%10O)[C@@H](OC)[C@H]9O)[C@@H](C)O8)[C@@H](C)O7)[C@@H](C)O6)[C@@H](C)O5)CC[C@]4(C)[C@H]3C[C@@H](OC(C)=O)[C@]12C. The monoisotopic (exact) mass is 1380 g/mol. The van der Waals surface area contributed by atoms with Crippen molar-refractivity contribution in [3.8, 4) is 0 Å². The van der Waals surface area contributed by atoms with Crippen LogP contribution in [0.3, 0.4) is 0 Å². The number of aliphatic hydroxyl groups excluding tert-OH is 6. The molecule has 0 aromatic carbocycles. The Morgan fingerprint density at radius 1 is 0.531 bits per heavy atom. The number of hydrogen-bond acceptors (Lipinski definition) is 28. The van der Waals surface area contributed by atoms with Crippen LogP contribution in [0.4, 0.5) is 0 Å². The van der Waals surface area contributed by atoms with Crippen molar-refractivity contribution in [2.75, 3.05) is 35.0 Å². The number of rotatable bonds is 22. The number of esters is 2. The predicted molar refractivity (Wildman–Crippen MR) is 332 cm³/mol. The first kappa shape index (κ1) is 76.6. The molecule has 28 nitrogen and oxygen atoms in total. The number of hydrogen-bond donors (Lipinski definition) is 8. The van der Waals surface area contributed by atoms with Crippen molar-refractivity contribution in [3.05, 3.63) is 0 Å². The highest BCUT2D eigenvalue weighted by Crippen LogP contribution is 2.71. The van der Waals surface area contributed by atoms with Gasteiger partial charge in [0.25, 0.3) is 0 Å². The van der Waals surface area contributed by atoms with Crippen molar-refractivity contribution < 1.29 is 136 Å². The molecule has 96 heavy (non-hydrogen) atoms. The Kier molecular flexibility index (Phi) is 24.8. The molecule has 6 saturated heterocycles. The molecule has 28 heteroatoms. The Morgan fingerprint density at radius 2 is 1.04 bits per heavy atom. The third kappa shape index (κ3) is 14.6. The Morgan fingerprint density at radius 3 is 1.56 bits per heavy atom. The van der Waals surface area contributed by atoms with Gasteiger partial charge in [-0.05, 0) is 122 Å². The number of fused-ring (bicyclic) bond motifs is 5. The Labute approximate surface area is 564 Å².